The topological polar surface area (TPSA) is 43.6 Å². The molecule has 0 atom stereocenters. The van der Waals surface area contributed by atoms with Crippen LogP contribution < -0.4 is 0 Å². The predicted octanol–water partition coefficient (Wildman–Crippen LogP) is 0.721. The highest BCUT2D eigenvalue weighted by Gasteiger charge is 1.93. The zero-order valence-corrected chi connectivity index (χ0v) is 6.46. The van der Waals surface area contributed by atoms with Gasteiger partial charge in [-0.2, -0.15) is 4.80 Å². The molecule has 12 heavy (non-hydrogen) atoms. The third-order valence-corrected chi connectivity index (χ3v) is 1.56. The minimum absolute atomic E-state index is 0.681. The molecule has 1 aromatic carbocycles. The van der Waals surface area contributed by atoms with Crippen molar-refractivity contribution in [2.24, 2.45) is 0 Å². The summed E-state index contributed by atoms with van der Waals surface area (Å²) in [5.74, 6) is 0. The van der Waals surface area contributed by atoms with Gasteiger partial charge in [0, 0.05) is 0 Å². The van der Waals surface area contributed by atoms with Crippen LogP contribution in [-0.2, 0) is 6.54 Å². The van der Waals surface area contributed by atoms with Crippen LogP contribution in [0.2, 0.25) is 0 Å². The first kappa shape index (κ1) is 6.97. The fourth-order valence-electron chi connectivity index (χ4n) is 1.01. The molecule has 0 fully saturated rings. The van der Waals surface area contributed by atoms with Crippen LogP contribution in [0.15, 0.2) is 36.7 Å². The smallest absolute Gasteiger partial charge is 0.160 e. The fraction of sp³-hybridized carbons (Fsp3) is 0.125. The zero-order chi connectivity index (χ0) is 8.23. The minimum Gasteiger partial charge on any atom is -0.160 e. The van der Waals surface area contributed by atoms with E-state index in [2.05, 4.69) is 15.4 Å². The molecule has 4 nitrogen and oxygen atoms in total. The molecule has 2 aromatic rings. The molecular weight excluding hydrogens is 152 g/mol. The van der Waals surface area contributed by atoms with Crippen LogP contribution in [0.3, 0.4) is 0 Å². The van der Waals surface area contributed by atoms with E-state index in [1.807, 2.05) is 30.3 Å². The van der Waals surface area contributed by atoms with Crippen molar-refractivity contribution in [2.75, 3.05) is 0 Å². The van der Waals surface area contributed by atoms with Crippen LogP contribution in [0.1, 0.15) is 5.56 Å². The standard InChI is InChI=1S/C8H8N4/c1-2-4-8(5-3-1)6-12-10-7-9-11-12/h1-5,7H,6H2. The van der Waals surface area contributed by atoms with Crippen molar-refractivity contribution in [3.8, 4) is 0 Å². The molecule has 0 spiro atoms. The molecule has 0 N–H and O–H groups in total. The molecule has 0 saturated heterocycles. The van der Waals surface area contributed by atoms with E-state index in [-0.39, 0.29) is 0 Å². The van der Waals surface area contributed by atoms with E-state index in [4.69, 9.17) is 0 Å². The Kier molecular flexibility index (Phi) is 1.82. The van der Waals surface area contributed by atoms with Crippen LogP contribution in [0.4, 0.5) is 0 Å². The molecule has 0 radical (unpaired) electrons. The van der Waals surface area contributed by atoms with Gasteiger partial charge in [0.05, 0.1) is 6.54 Å². The van der Waals surface area contributed by atoms with Crippen LogP contribution in [0.5, 0.6) is 0 Å². The first-order chi connectivity index (χ1) is 5.95. The zero-order valence-electron chi connectivity index (χ0n) is 6.46. The number of benzene rings is 1. The SMILES string of the molecule is c1ccc(Cn2ncnn2)cc1. The van der Waals surface area contributed by atoms with Crippen LogP contribution >= 0.6 is 0 Å². The Bertz CT molecular complexity index is 327. The summed E-state index contributed by atoms with van der Waals surface area (Å²) >= 11 is 0. The summed E-state index contributed by atoms with van der Waals surface area (Å²) in [6.45, 7) is 0.681. The summed E-state index contributed by atoms with van der Waals surface area (Å²) in [7, 11) is 0. The summed E-state index contributed by atoms with van der Waals surface area (Å²) in [5, 5.41) is 11.3. The molecule has 0 aliphatic carbocycles. The third kappa shape index (κ3) is 1.47. The van der Waals surface area contributed by atoms with Gasteiger partial charge in [0.1, 0.15) is 0 Å². The third-order valence-electron chi connectivity index (χ3n) is 1.56. The lowest BCUT2D eigenvalue weighted by molar-refractivity contribution is 0.572. The minimum atomic E-state index is 0.681. The first-order valence-corrected chi connectivity index (χ1v) is 3.70. The van der Waals surface area contributed by atoms with Gasteiger partial charge in [-0.1, -0.05) is 30.3 Å². The molecule has 1 aromatic heterocycles. The van der Waals surface area contributed by atoms with Gasteiger partial charge in [-0.15, -0.1) is 10.2 Å². The monoisotopic (exact) mass is 160 g/mol. The summed E-state index contributed by atoms with van der Waals surface area (Å²) in [4.78, 5) is 1.55. The van der Waals surface area contributed by atoms with Crippen molar-refractivity contribution in [3.05, 3.63) is 42.2 Å². The molecule has 0 saturated carbocycles. The van der Waals surface area contributed by atoms with Gasteiger partial charge in [-0.25, -0.2) is 0 Å². The number of aromatic nitrogens is 4. The second-order valence-corrected chi connectivity index (χ2v) is 2.45. The van der Waals surface area contributed by atoms with Crippen LogP contribution in [0.25, 0.3) is 0 Å². The van der Waals surface area contributed by atoms with E-state index in [0.29, 0.717) is 6.54 Å². The van der Waals surface area contributed by atoms with E-state index in [9.17, 15) is 0 Å². The lowest BCUT2D eigenvalue weighted by Crippen LogP contribution is -2.03. The summed E-state index contributed by atoms with van der Waals surface area (Å²) < 4.78 is 0. The van der Waals surface area contributed by atoms with Gasteiger partial charge in [0.15, 0.2) is 6.33 Å². The van der Waals surface area contributed by atoms with Gasteiger partial charge in [-0.3, -0.25) is 0 Å². The molecule has 60 valence electrons. The maximum atomic E-state index is 3.91. The molecule has 0 aliphatic heterocycles. The van der Waals surface area contributed by atoms with Crippen LogP contribution in [-0.4, -0.2) is 20.2 Å². The molecule has 1 heterocycles. The van der Waals surface area contributed by atoms with Gasteiger partial charge >= 0.3 is 0 Å². The van der Waals surface area contributed by atoms with Crippen molar-refractivity contribution in [1.29, 1.82) is 0 Å². The Morgan fingerprint density at radius 2 is 2.00 bits per heavy atom. The molecule has 0 aliphatic rings. The Morgan fingerprint density at radius 1 is 1.17 bits per heavy atom. The Balaban J connectivity index is 2.15. The van der Waals surface area contributed by atoms with E-state index < -0.39 is 0 Å². The van der Waals surface area contributed by atoms with Crippen molar-refractivity contribution in [2.45, 2.75) is 6.54 Å². The maximum Gasteiger partial charge on any atom is 0.162 e. The van der Waals surface area contributed by atoms with Crippen molar-refractivity contribution in [3.63, 3.8) is 0 Å². The molecule has 2 rings (SSSR count). The molecule has 0 unspecified atom stereocenters. The Hall–Kier alpha value is -1.71. The largest absolute Gasteiger partial charge is 0.162 e. The highest BCUT2D eigenvalue weighted by atomic mass is 15.6. The summed E-state index contributed by atoms with van der Waals surface area (Å²) in [6, 6.07) is 10.0. The van der Waals surface area contributed by atoms with E-state index in [0.717, 1.165) is 0 Å². The number of nitrogens with zero attached hydrogens (tertiary/aromatic N) is 4. The number of tetrazole rings is 1. The summed E-state index contributed by atoms with van der Waals surface area (Å²) in [5.41, 5.74) is 1.18. The summed E-state index contributed by atoms with van der Waals surface area (Å²) in [6.07, 6.45) is 1.43. The number of hydrogen-bond acceptors (Lipinski definition) is 3. The molecule has 0 amide bonds. The molecular formula is C8H8N4. The highest BCUT2D eigenvalue weighted by molar-refractivity contribution is 5.14. The first-order valence-electron chi connectivity index (χ1n) is 3.70. The van der Waals surface area contributed by atoms with Gasteiger partial charge in [0.25, 0.3) is 0 Å². The number of rotatable bonds is 2. The van der Waals surface area contributed by atoms with Gasteiger partial charge < -0.3 is 0 Å². The Labute approximate surface area is 69.8 Å². The lowest BCUT2D eigenvalue weighted by atomic mass is 10.2. The fourth-order valence-corrected chi connectivity index (χ4v) is 1.01. The molecule has 4 heteroatoms. The normalized spacial score (nSPS) is 10.0. The molecule has 0 bridgehead atoms. The predicted molar refractivity (Wildman–Crippen MR) is 43.4 cm³/mol. The van der Waals surface area contributed by atoms with Crippen LogP contribution in [0, 0.1) is 0 Å². The quantitative estimate of drug-likeness (QED) is 0.650. The van der Waals surface area contributed by atoms with Gasteiger partial charge in [0.2, 0.25) is 0 Å². The van der Waals surface area contributed by atoms with Gasteiger partial charge in [-0.05, 0) is 10.8 Å². The van der Waals surface area contributed by atoms with E-state index in [1.54, 1.807) is 4.80 Å². The van der Waals surface area contributed by atoms with Crippen molar-refractivity contribution in [1.82, 2.24) is 20.2 Å². The lowest BCUT2D eigenvalue weighted by Gasteiger charge is -1.97. The Morgan fingerprint density at radius 3 is 2.67 bits per heavy atom. The van der Waals surface area contributed by atoms with Crippen molar-refractivity contribution >= 4 is 0 Å². The number of hydrogen-bond donors (Lipinski definition) is 0. The maximum absolute atomic E-state index is 3.91. The van der Waals surface area contributed by atoms with Crippen molar-refractivity contribution < 1.29 is 0 Å². The van der Waals surface area contributed by atoms with E-state index in [1.165, 1.54) is 11.9 Å². The average molecular weight is 160 g/mol. The second-order valence-electron chi connectivity index (χ2n) is 2.45. The van der Waals surface area contributed by atoms with E-state index >= 15 is 0 Å². The second kappa shape index (κ2) is 3.13. The highest BCUT2D eigenvalue weighted by Crippen LogP contribution is 1.98. The average Bonchev–Trinajstić information content (AvgIpc) is 2.59.